The van der Waals surface area contributed by atoms with Gasteiger partial charge in [0.1, 0.15) is 18.2 Å². The number of aliphatic hydroxyl groups is 1. The van der Waals surface area contributed by atoms with Gasteiger partial charge in [0, 0.05) is 35.8 Å². The summed E-state index contributed by atoms with van der Waals surface area (Å²) in [5.74, 6) is -3.23. The third-order valence-electron chi connectivity index (χ3n) is 9.14. The Morgan fingerprint density at radius 1 is 1.11 bits per heavy atom. The van der Waals surface area contributed by atoms with Crippen molar-refractivity contribution < 1.29 is 29.0 Å². The molecule has 9 nitrogen and oxygen atoms in total. The molecule has 2 bridgehead atoms. The molecule has 7 atom stereocenters. The van der Waals surface area contributed by atoms with Crippen molar-refractivity contribution in [1.82, 2.24) is 4.90 Å². The summed E-state index contributed by atoms with van der Waals surface area (Å²) in [5.41, 5.74) is 1.04. The minimum Gasteiger partial charge on any atom is -0.461 e. The van der Waals surface area contributed by atoms with Gasteiger partial charge in [0.15, 0.2) is 0 Å². The molecular formula is C34H40BrN3O6. The quantitative estimate of drug-likeness (QED) is 0.194. The number of carbonyl (C=O) groups is 3. The first kappa shape index (κ1) is 31.9. The summed E-state index contributed by atoms with van der Waals surface area (Å²) in [5, 5.41) is 10.7. The van der Waals surface area contributed by atoms with Crippen LogP contribution in [0, 0.1) is 11.8 Å². The first-order valence-electron chi connectivity index (χ1n) is 15.1. The highest BCUT2D eigenvalue weighted by molar-refractivity contribution is 9.09. The van der Waals surface area contributed by atoms with Crippen LogP contribution in [-0.2, 0) is 23.9 Å². The first-order chi connectivity index (χ1) is 21.3. The Bertz CT molecular complexity index is 1380. The lowest BCUT2D eigenvalue weighted by atomic mass is 9.70. The largest absolute Gasteiger partial charge is 0.461 e. The predicted molar refractivity (Wildman–Crippen MR) is 173 cm³/mol. The molecule has 3 saturated heterocycles. The fraction of sp³-hybridized carbons (Fsp3) is 0.441. The van der Waals surface area contributed by atoms with Crippen LogP contribution >= 0.6 is 15.9 Å². The van der Waals surface area contributed by atoms with Crippen molar-refractivity contribution in [3.05, 3.63) is 85.5 Å². The molecule has 1 spiro atoms. The summed E-state index contributed by atoms with van der Waals surface area (Å²) in [4.78, 5) is 47.9. The number of hydrogen-bond donors (Lipinski definition) is 1. The van der Waals surface area contributed by atoms with Crippen molar-refractivity contribution in [2.24, 2.45) is 11.8 Å². The zero-order chi connectivity index (χ0) is 31.6. The lowest BCUT2D eigenvalue weighted by Crippen LogP contribution is -2.57. The molecule has 3 unspecified atom stereocenters. The van der Waals surface area contributed by atoms with E-state index in [-0.39, 0.29) is 23.9 Å². The Labute approximate surface area is 267 Å². The second-order valence-corrected chi connectivity index (χ2v) is 12.5. The van der Waals surface area contributed by atoms with E-state index in [1.807, 2.05) is 54.6 Å². The molecule has 2 amide bonds. The van der Waals surface area contributed by atoms with Crippen LogP contribution < -0.4 is 9.80 Å². The number of carbonyl (C=O) groups excluding carboxylic acids is 3. The van der Waals surface area contributed by atoms with Crippen LogP contribution in [0.25, 0.3) is 0 Å². The SMILES string of the molecule is C=CCOC(=O)[C@H]1[C@@H]2OC3(CC2Br)C(C(=O)N(CC=C)c2ccc(N(CC)CC)cc2)N([C@H](CO)c2ccccc2)C(=O)[C@H]13. The fourth-order valence-corrected chi connectivity index (χ4v) is 8.19. The Balaban J connectivity index is 1.62. The standard InChI is InChI=1S/C34H40BrN3O6/c1-5-18-37(24-16-14-23(15-17-24)36(7-3)8-4)32(41)30-34-20-25(35)29(44-34)27(33(42)43-19-6-2)28(34)31(40)38(30)26(21-39)22-12-10-9-11-13-22/h5-6,9-17,25-30,39H,1-2,7-8,18-21H2,3-4H3/t25?,26-,27-,28+,29-,30?,34?/m1/s1. The molecule has 3 aliphatic heterocycles. The van der Waals surface area contributed by atoms with Crippen LogP contribution in [-0.4, -0.2) is 83.2 Å². The Morgan fingerprint density at radius 2 is 1.77 bits per heavy atom. The summed E-state index contributed by atoms with van der Waals surface area (Å²) in [6, 6.07) is 14.9. The molecule has 3 fully saturated rings. The molecule has 0 radical (unpaired) electrons. The van der Waals surface area contributed by atoms with Gasteiger partial charge in [0.2, 0.25) is 5.91 Å². The minimum atomic E-state index is -1.31. The smallest absolute Gasteiger partial charge is 0.312 e. The number of ether oxygens (including phenoxy) is 2. The third-order valence-corrected chi connectivity index (χ3v) is 9.98. The molecule has 234 valence electrons. The highest BCUT2D eigenvalue weighted by Crippen LogP contribution is 2.61. The van der Waals surface area contributed by atoms with E-state index in [4.69, 9.17) is 9.47 Å². The maximum Gasteiger partial charge on any atom is 0.312 e. The summed E-state index contributed by atoms with van der Waals surface area (Å²) in [6.45, 7) is 13.1. The average Bonchev–Trinajstić information content (AvgIpc) is 3.64. The number of fused-ring (bicyclic) bond motifs is 1. The third kappa shape index (κ3) is 5.26. The number of benzene rings is 2. The minimum absolute atomic E-state index is 0.00509. The second-order valence-electron chi connectivity index (χ2n) is 11.4. The maximum atomic E-state index is 14.9. The molecule has 3 aliphatic rings. The molecule has 0 aliphatic carbocycles. The number of amides is 2. The summed E-state index contributed by atoms with van der Waals surface area (Å²) in [7, 11) is 0. The van der Waals surface area contributed by atoms with Gasteiger partial charge in [-0.25, -0.2) is 0 Å². The molecule has 2 aromatic rings. The van der Waals surface area contributed by atoms with Gasteiger partial charge in [-0.2, -0.15) is 0 Å². The van der Waals surface area contributed by atoms with E-state index in [9.17, 15) is 19.5 Å². The highest BCUT2D eigenvalue weighted by atomic mass is 79.9. The van der Waals surface area contributed by atoms with Gasteiger partial charge >= 0.3 is 5.97 Å². The summed E-state index contributed by atoms with van der Waals surface area (Å²) in [6.07, 6.45) is 2.80. The van der Waals surface area contributed by atoms with Gasteiger partial charge < -0.3 is 29.3 Å². The van der Waals surface area contributed by atoms with Crippen molar-refractivity contribution in [2.45, 2.75) is 48.9 Å². The zero-order valence-corrected chi connectivity index (χ0v) is 26.8. The van der Waals surface area contributed by atoms with Crippen LogP contribution in [0.3, 0.4) is 0 Å². The number of likely N-dealkylation sites (tertiary alicyclic amines) is 1. The van der Waals surface area contributed by atoms with Gasteiger partial charge in [-0.3, -0.25) is 14.4 Å². The van der Waals surface area contributed by atoms with Gasteiger partial charge in [0.05, 0.1) is 30.6 Å². The normalized spacial score (nSPS) is 27.5. The number of nitrogens with zero attached hydrogens (tertiary/aromatic N) is 3. The van der Waals surface area contributed by atoms with Crippen molar-refractivity contribution in [3.8, 4) is 0 Å². The zero-order valence-electron chi connectivity index (χ0n) is 25.2. The highest BCUT2D eigenvalue weighted by Gasteiger charge is 2.77. The summed E-state index contributed by atoms with van der Waals surface area (Å²) >= 11 is 3.69. The van der Waals surface area contributed by atoms with Crippen molar-refractivity contribution in [3.63, 3.8) is 0 Å². The average molecular weight is 667 g/mol. The Hall–Kier alpha value is -3.47. The number of aliphatic hydroxyl groups excluding tert-OH is 1. The lowest BCUT2D eigenvalue weighted by molar-refractivity contribution is -0.154. The molecule has 10 heteroatoms. The second kappa shape index (κ2) is 13.3. The molecular weight excluding hydrogens is 626 g/mol. The van der Waals surface area contributed by atoms with Crippen LogP contribution in [0.2, 0.25) is 0 Å². The number of rotatable bonds is 13. The van der Waals surface area contributed by atoms with Crippen LogP contribution in [0.15, 0.2) is 79.9 Å². The van der Waals surface area contributed by atoms with Crippen molar-refractivity contribution in [2.75, 3.05) is 42.6 Å². The van der Waals surface area contributed by atoms with Gasteiger partial charge in [-0.05, 0) is 50.1 Å². The molecule has 0 aromatic heterocycles. The number of anilines is 2. The molecule has 0 saturated carbocycles. The predicted octanol–water partition coefficient (Wildman–Crippen LogP) is 4.26. The first-order valence-corrected chi connectivity index (χ1v) is 16.0. The topological polar surface area (TPSA) is 99.6 Å². The Morgan fingerprint density at radius 3 is 2.36 bits per heavy atom. The van der Waals surface area contributed by atoms with Crippen LogP contribution in [0.4, 0.5) is 11.4 Å². The van der Waals surface area contributed by atoms with Crippen LogP contribution in [0.1, 0.15) is 31.9 Å². The molecule has 44 heavy (non-hydrogen) atoms. The molecule has 5 rings (SSSR count). The van der Waals surface area contributed by atoms with E-state index in [0.29, 0.717) is 17.7 Å². The van der Waals surface area contributed by atoms with E-state index in [2.05, 4.69) is 47.8 Å². The number of hydrogen-bond acceptors (Lipinski definition) is 7. The summed E-state index contributed by atoms with van der Waals surface area (Å²) < 4.78 is 12.1. The van der Waals surface area contributed by atoms with Gasteiger partial charge in [-0.15, -0.1) is 6.58 Å². The lowest BCUT2D eigenvalue weighted by Gasteiger charge is -2.39. The van der Waals surface area contributed by atoms with Gasteiger partial charge in [0.25, 0.3) is 5.91 Å². The fourth-order valence-electron chi connectivity index (χ4n) is 7.25. The van der Waals surface area contributed by atoms with E-state index < -0.39 is 54.1 Å². The number of esters is 1. The maximum absolute atomic E-state index is 14.9. The van der Waals surface area contributed by atoms with E-state index in [1.165, 1.54) is 11.0 Å². The van der Waals surface area contributed by atoms with E-state index in [0.717, 1.165) is 18.8 Å². The monoisotopic (exact) mass is 665 g/mol. The van der Waals surface area contributed by atoms with E-state index >= 15 is 0 Å². The molecule has 2 aromatic carbocycles. The van der Waals surface area contributed by atoms with Crippen molar-refractivity contribution in [1.29, 1.82) is 0 Å². The molecule has 3 heterocycles. The number of alkyl halides is 1. The van der Waals surface area contributed by atoms with E-state index in [1.54, 1.807) is 11.0 Å². The Kier molecular flexibility index (Phi) is 9.62. The number of halogens is 1. The van der Waals surface area contributed by atoms with Crippen LogP contribution in [0.5, 0.6) is 0 Å². The van der Waals surface area contributed by atoms with Crippen molar-refractivity contribution >= 4 is 45.1 Å². The molecule has 1 N–H and O–H groups in total. The van der Waals surface area contributed by atoms with Gasteiger partial charge in [-0.1, -0.05) is 65.0 Å².